The zero-order valence-corrected chi connectivity index (χ0v) is 13.4. The fourth-order valence-electron chi connectivity index (χ4n) is 3.12. The van der Waals surface area contributed by atoms with Gasteiger partial charge in [-0.1, -0.05) is 37.5 Å². The van der Waals surface area contributed by atoms with E-state index in [2.05, 4.69) is 58.0 Å². The fourth-order valence-corrected chi connectivity index (χ4v) is 3.12. The van der Waals surface area contributed by atoms with E-state index in [0.717, 1.165) is 11.7 Å². The second-order valence-electron chi connectivity index (χ2n) is 6.82. The van der Waals surface area contributed by atoms with E-state index in [1.807, 2.05) is 0 Å². The molecule has 1 aromatic rings. The van der Waals surface area contributed by atoms with Gasteiger partial charge < -0.3 is 4.74 Å². The summed E-state index contributed by atoms with van der Waals surface area (Å²) in [6, 6.07) is 8.63. The molecule has 0 N–H and O–H groups in total. The van der Waals surface area contributed by atoms with Gasteiger partial charge in [-0.05, 0) is 69.7 Å². The van der Waals surface area contributed by atoms with Crippen molar-refractivity contribution in [2.75, 3.05) is 0 Å². The van der Waals surface area contributed by atoms with Crippen molar-refractivity contribution in [3.63, 3.8) is 0 Å². The van der Waals surface area contributed by atoms with Crippen LogP contribution in [0.3, 0.4) is 0 Å². The van der Waals surface area contributed by atoms with Gasteiger partial charge in [-0.3, -0.25) is 0 Å². The fraction of sp³-hybridized carbons (Fsp3) is 0.579. The molecule has 0 aromatic heterocycles. The van der Waals surface area contributed by atoms with E-state index in [1.54, 1.807) is 0 Å². The van der Waals surface area contributed by atoms with Crippen LogP contribution in [0.4, 0.5) is 0 Å². The zero-order valence-electron chi connectivity index (χ0n) is 13.4. The minimum Gasteiger partial charge on any atom is -0.488 e. The van der Waals surface area contributed by atoms with Gasteiger partial charge in [0.15, 0.2) is 0 Å². The first-order valence-electron chi connectivity index (χ1n) is 7.95. The van der Waals surface area contributed by atoms with Crippen LogP contribution in [0.15, 0.2) is 30.3 Å². The van der Waals surface area contributed by atoms with Gasteiger partial charge in [0, 0.05) is 0 Å². The molecule has 1 nitrogen and oxygen atoms in total. The van der Waals surface area contributed by atoms with Crippen molar-refractivity contribution >= 4 is 5.57 Å². The lowest BCUT2D eigenvalue weighted by Gasteiger charge is -2.25. The maximum atomic E-state index is 5.90. The Hall–Kier alpha value is -1.24. The molecule has 1 heteroatoms. The summed E-state index contributed by atoms with van der Waals surface area (Å²) >= 11 is 0. The second kappa shape index (κ2) is 6.47. The SMILES string of the molecule is CC=C(c1ccc(OC(C)(C)C)cc1)C1CCCCC1. The van der Waals surface area contributed by atoms with Gasteiger partial charge >= 0.3 is 0 Å². The van der Waals surface area contributed by atoms with Crippen LogP contribution in [0.2, 0.25) is 0 Å². The van der Waals surface area contributed by atoms with Gasteiger partial charge in [-0.25, -0.2) is 0 Å². The molecule has 1 aromatic carbocycles. The molecule has 1 aliphatic carbocycles. The number of hydrogen-bond acceptors (Lipinski definition) is 1. The van der Waals surface area contributed by atoms with Crippen molar-refractivity contribution in [2.45, 2.75) is 65.4 Å². The van der Waals surface area contributed by atoms with E-state index in [0.29, 0.717) is 0 Å². The molecule has 1 aliphatic rings. The first-order valence-corrected chi connectivity index (χ1v) is 7.95. The normalized spacial score (nSPS) is 18.1. The Morgan fingerprint density at radius 1 is 1.05 bits per heavy atom. The predicted molar refractivity (Wildman–Crippen MR) is 87.0 cm³/mol. The third-order valence-electron chi connectivity index (χ3n) is 3.97. The summed E-state index contributed by atoms with van der Waals surface area (Å²) in [4.78, 5) is 0. The molecule has 1 fully saturated rings. The Morgan fingerprint density at radius 3 is 2.15 bits per heavy atom. The third kappa shape index (κ3) is 4.13. The van der Waals surface area contributed by atoms with E-state index in [1.165, 1.54) is 43.2 Å². The van der Waals surface area contributed by atoms with E-state index < -0.39 is 0 Å². The first-order chi connectivity index (χ1) is 9.49. The molecule has 0 heterocycles. The van der Waals surface area contributed by atoms with Gasteiger partial charge in [0.05, 0.1) is 0 Å². The number of benzene rings is 1. The van der Waals surface area contributed by atoms with Crippen LogP contribution in [0, 0.1) is 5.92 Å². The lowest BCUT2D eigenvalue weighted by molar-refractivity contribution is 0.131. The summed E-state index contributed by atoms with van der Waals surface area (Å²) in [5.41, 5.74) is 2.75. The molecule has 1 saturated carbocycles. The van der Waals surface area contributed by atoms with E-state index in [9.17, 15) is 0 Å². The van der Waals surface area contributed by atoms with Crippen molar-refractivity contribution in [1.29, 1.82) is 0 Å². The summed E-state index contributed by atoms with van der Waals surface area (Å²) in [6.45, 7) is 8.42. The smallest absolute Gasteiger partial charge is 0.120 e. The Morgan fingerprint density at radius 2 is 1.65 bits per heavy atom. The van der Waals surface area contributed by atoms with Gasteiger partial charge in [0.2, 0.25) is 0 Å². The maximum Gasteiger partial charge on any atom is 0.120 e. The summed E-state index contributed by atoms with van der Waals surface area (Å²) in [6.07, 6.45) is 9.17. The highest BCUT2D eigenvalue weighted by Crippen LogP contribution is 2.35. The number of ether oxygens (including phenoxy) is 1. The maximum absolute atomic E-state index is 5.90. The lowest BCUT2D eigenvalue weighted by atomic mass is 9.81. The van der Waals surface area contributed by atoms with E-state index >= 15 is 0 Å². The van der Waals surface area contributed by atoms with Crippen LogP contribution in [0.5, 0.6) is 5.75 Å². The highest BCUT2D eigenvalue weighted by molar-refractivity contribution is 5.67. The van der Waals surface area contributed by atoms with Crippen LogP contribution in [-0.4, -0.2) is 5.60 Å². The molecular weight excluding hydrogens is 244 g/mol. The zero-order chi connectivity index (χ0) is 14.6. The molecule has 0 spiro atoms. The van der Waals surface area contributed by atoms with Crippen molar-refractivity contribution in [3.8, 4) is 5.75 Å². The van der Waals surface area contributed by atoms with Gasteiger partial charge in [0.1, 0.15) is 11.4 Å². The predicted octanol–water partition coefficient (Wildman–Crippen LogP) is 5.85. The number of hydrogen-bond donors (Lipinski definition) is 0. The average molecular weight is 272 g/mol. The Kier molecular flexibility index (Phi) is 4.91. The van der Waals surface area contributed by atoms with Crippen LogP contribution < -0.4 is 4.74 Å². The molecule has 110 valence electrons. The number of allylic oxidation sites excluding steroid dienone is 2. The molecule has 20 heavy (non-hydrogen) atoms. The third-order valence-corrected chi connectivity index (χ3v) is 3.97. The summed E-state index contributed by atoms with van der Waals surface area (Å²) < 4.78 is 5.90. The minimum absolute atomic E-state index is 0.131. The monoisotopic (exact) mass is 272 g/mol. The van der Waals surface area contributed by atoms with E-state index in [-0.39, 0.29) is 5.60 Å². The molecule has 0 atom stereocenters. The van der Waals surface area contributed by atoms with Gasteiger partial charge in [0.25, 0.3) is 0 Å². The molecule has 0 amide bonds. The van der Waals surface area contributed by atoms with E-state index in [4.69, 9.17) is 4.74 Å². The number of rotatable bonds is 3. The second-order valence-corrected chi connectivity index (χ2v) is 6.82. The Labute approximate surface area is 124 Å². The summed E-state index contributed by atoms with van der Waals surface area (Å²) in [5, 5.41) is 0. The minimum atomic E-state index is -0.131. The summed E-state index contributed by atoms with van der Waals surface area (Å²) in [5.74, 6) is 1.71. The van der Waals surface area contributed by atoms with Crippen LogP contribution in [0.1, 0.15) is 65.4 Å². The molecule has 0 unspecified atom stereocenters. The van der Waals surface area contributed by atoms with Crippen molar-refractivity contribution in [2.24, 2.45) is 5.92 Å². The Balaban J connectivity index is 2.11. The van der Waals surface area contributed by atoms with Crippen molar-refractivity contribution in [3.05, 3.63) is 35.9 Å². The van der Waals surface area contributed by atoms with Crippen LogP contribution in [0.25, 0.3) is 5.57 Å². The lowest BCUT2D eigenvalue weighted by Crippen LogP contribution is -2.22. The highest BCUT2D eigenvalue weighted by atomic mass is 16.5. The molecule has 0 radical (unpaired) electrons. The molecule has 2 rings (SSSR count). The summed E-state index contributed by atoms with van der Waals surface area (Å²) in [7, 11) is 0. The molecule has 0 bridgehead atoms. The molecule has 0 aliphatic heterocycles. The Bertz CT molecular complexity index is 442. The topological polar surface area (TPSA) is 9.23 Å². The van der Waals surface area contributed by atoms with Gasteiger partial charge in [-0.15, -0.1) is 0 Å². The average Bonchev–Trinajstić information content (AvgIpc) is 2.41. The van der Waals surface area contributed by atoms with Crippen molar-refractivity contribution < 1.29 is 4.74 Å². The molecule has 0 saturated heterocycles. The largest absolute Gasteiger partial charge is 0.488 e. The highest BCUT2D eigenvalue weighted by Gasteiger charge is 2.18. The quantitative estimate of drug-likeness (QED) is 0.671. The van der Waals surface area contributed by atoms with Crippen molar-refractivity contribution in [1.82, 2.24) is 0 Å². The van der Waals surface area contributed by atoms with Crippen LogP contribution >= 0.6 is 0 Å². The van der Waals surface area contributed by atoms with Gasteiger partial charge in [-0.2, -0.15) is 0 Å². The first kappa shape index (κ1) is 15.2. The van der Waals surface area contributed by atoms with Crippen LogP contribution in [-0.2, 0) is 0 Å². The molecular formula is C19H28O. The standard InChI is InChI=1S/C19H28O/c1-5-18(15-9-7-6-8-10-15)16-11-13-17(14-12-16)20-19(2,3)4/h5,11-15H,6-10H2,1-4H3.